The molecule has 4 N–H and O–H groups in total. The first-order chi connectivity index (χ1) is 11.9. The number of ketones is 1. The highest BCUT2D eigenvalue weighted by atomic mass is 16.4. The normalized spacial score (nSPS) is 11.4. The van der Waals surface area contributed by atoms with Gasteiger partial charge in [-0.15, -0.1) is 0 Å². The Morgan fingerprint density at radius 3 is 1.96 bits per heavy atom. The molecule has 0 aromatic heterocycles. The molecule has 0 bridgehead atoms. The minimum Gasteiger partial charge on any atom is -0.481 e. The van der Waals surface area contributed by atoms with E-state index in [1.165, 1.54) is 0 Å². The van der Waals surface area contributed by atoms with Crippen LogP contribution >= 0.6 is 0 Å². The van der Waals surface area contributed by atoms with E-state index in [1.807, 2.05) is 6.07 Å². The number of carboxylic acids is 1. The Morgan fingerprint density at radius 1 is 0.920 bits per heavy atom. The summed E-state index contributed by atoms with van der Waals surface area (Å²) < 4.78 is 0. The number of carboxylic acid groups (broad SMARTS) is 1. The molecule has 25 heavy (non-hydrogen) atoms. The summed E-state index contributed by atoms with van der Waals surface area (Å²) >= 11 is 0. The van der Waals surface area contributed by atoms with E-state index < -0.39 is 18.0 Å². The Balaban J connectivity index is 0.000000450. The van der Waals surface area contributed by atoms with Crippen molar-refractivity contribution in [3.8, 4) is 0 Å². The van der Waals surface area contributed by atoms with Crippen LogP contribution in [-0.2, 0) is 4.79 Å². The molecular formula is C19H22O6. The first-order valence-corrected chi connectivity index (χ1v) is 7.73. The lowest BCUT2D eigenvalue weighted by Gasteiger charge is -2.08. The summed E-state index contributed by atoms with van der Waals surface area (Å²) in [7, 11) is 0. The van der Waals surface area contributed by atoms with Crippen molar-refractivity contribution in [3.05, 3.63) is 71.3 Å². The Labute approximate surface area is 146 Å². The molecule has 6 nitrogen and oxygen atoms in total. The zero-order chi connectivity index (χ0) is 18.8. The maximum Gasteiger partial charge on any atom is 0.310 e. The molecule has 0 aliphatic rings. The van der Waals surface area contributed by atoms with Gasteiger partial charge in [-0.25, -0.2) is 0 Å². The van der Waals surface area contributed by atoms with Gasteiger partial charge in [0.2, 0.25) is 0 Å². The van der Waals surface area contributed by atoms with Crippen LogP contribution in [0.1, 0.15) is 34.3 Å². The average molecular weight is 346 g/mol. The molecule has 0 heterocycles. The van der Waals surface area contributed by atoms with E-state index in [4.69, 9.17) is 20.4 Å². The summed E-state index contributed by atoms with van der Waals surface area (Å²) in [5, 5.41) is 33.0. The van der Waals surface area contributed by atoms with Gasteiger partial charge in [-0.2, -0.15) is 0 Å². The molecular weight excluding hydrogens is 324 g/mol. The molecule has 0 spiro atoms. The van der Waals surface area contributed by atoms with E-state index >= 15 is 0 Å². The summed E-state index contributed by atoms with van der Waals surface area (Å²) in [5.41, 5.74) is 1.74. The average Bonchev–Trinajstić information content (AvgIpc) is 2.67. The van der Waals surface area contributed by atoms with E-state index in [-0.39, 0.29) is 19.0 Å². The second kappa shape index (κ2) is 10.4. The fourth-order valence-corrected chi connectivity index (χ4v) is 1.91. The molecule has 6 heteroatoms. The van der Waals surface area contributed by atoms with Gasteiger partial charge in [-0.3, -0.25) is 9.59 Å². The third-order valence-electron chi connectivity index (χ3n) is 3.48. The monoisotopic (exact) mass is 346 g/mol. The SMILES string of the molecule is CC(C(=O)O)c1cccc(C(=O)c2ccccc2)c1.OCC(O)CO. The molecule has 0 aliphatic carbocycles. The number of benzene rings is 2. The predicted molar refractivity (Wildman–Crippen MR) is 92.5 cm³/mol. The zero-order valence-corrected chi connectivity index (χ0v) is 13.9. The van der Waals surface area contributed by atoms with Gasteiger partial charge in [0.1, 0.15) is 6.10 Å². The minimum atomic E-state index is -0.954. The maximum atomic E-state index is 12.2. The van der Waals surface area contributed by atoms with Crippen LogP contribution in [-0.4, -0.2) is 51.5 Å². The number of hydrogen-bond acceptors (Lipinski definition) is 5. The van der Waals surface area contributed by atoms with Crippen LogP contribution in [0.25, 0.3) is 0 Å². The van der Waals surface area contributed by atoms with E-state index in [9.17, 15) is 9.59 Å². The topological polar surface area (TPSA) is 115 Å². The summed E-state index contributed by atoms with van der Waals surface area (Å²) in [6, 6.07) is 15.7. The molecule has 2 aromatic carbocycles. The summed E-state index contributed by atoms with van der Waals surface area (Å²) in [5.74, 6) is -1.62. The fraction of sp³-hybridized carbons (Fsp3) is 0.263. The van der Waals surface area contributed by atoms with Gasteiger partial charge in [0, 0.05) is 11.1 Å². The van der Waals surface area contributed by atoms with Crippen molar-refractivity contribution < 1.29 is 30.0 Å². The number of carbonyl (C=O) groups is 2. The number of aliphatic carboxylic acids is 1. The van der Waals surface area contributed by atoms with Gasteiger partial charge in [0.15, 0.2) is 5.78 Å². The first-order valence-electron chi connectivity index (χ1n) is 7.73. The number of aliphatic hydroxyl groups is 3. The van der Waals surface area contributed by atoms with Gasteiger partial charge >= 0.3 is 5.97 Å². The van der Waals surface area contributed by atoms with Gasteiger partial charge in [0.05, 0.1) is 19.1 Å². The molecule has 2 rings (SSSR count). The second-order valence-corrected chi connectivity index (χ2v) is 5.40. The lowest BCUT2D eigenvalue weighted by molar-refractivity contribution is -0.138. The molecule has 1 atom stereocenters. The lowest BCUT2D eigenvalue weighted by atomic mass is 9.96. The molecule has 0 aliphatic heterocycles. The van der Waals surface area contributed by atoms with Crippen LogP contribution in [0.15, 0.2) is 54.6 Å². The molecule has 0 radical (unpaired) electrons. The Morgan fingerprint density at radius 2 is 1.48 bits per heavy atom. The van der Waals surface area contributed by atoms with Crippen LogP contribution in [0.3, 0.4) is 0 Å². The van der Waals surface area contributed by atoms with Crippen LogP contribution < -0.4 is 0 Å². The maximum absolute atomic E-state index is 12.2. The zero-order valence-electron chi connectivity index (χ0n) is 13.9. The van der Waals surface area contributed by atoms with Crippen molar-refractivity contribution in [2.24, 2.45) is 0 Å². The van der Waals surface area contributed by atoms with Crippen molar-refractivity contribution in [3.63, 3.8) is 0 Å². The molecule has 1 unspecified atom stereocenters. The third kappa shape index (κ3) is 6.46. The van der Waals surface area contributed by atoms with Crippen molar-refractivity contribution in [1.29, 1.82) is 0 Å². The van der Waals surface area contributed by atoms with Crippen LogP contribution in [0, 0.1) is 0 Å². The minimum absolute atomic E-state index is 0.0972. The summed E-state index contributed by atoms with van der Waals surface area (Å²) in [6.07, 6.45) is -0.954. The quantitative estimate of drug-likeness (QED) is 0.588. The summed E-state index contributed by atoms with van der Waals surface area (Å²) in [6.45, 7) is 0.876. The number of rotatable bonds is 6. The largest absolute Gasteiger partial charge is 0.481 e. The smallest absolute Gasteiger partial charge is 0.310 e. The van der Waals surface area contributed by atoms with Crippen LogP contribution in [0.4, 0.5) is 0 Å². The first kappa shape index (κ1) is 20.5. The van der Waals surface area contributed by atoms with Gasteiger partial charge in [-0.05, 0) is 18.6 Å². The lowest BCUT2D eigenvalue weighted by Crippen LogP contribution is -2.15. The van der Waals surface area contributed by atoms with Gasteiger partial charge in [0.25, 0.3) is 0 Å². The predicted octanol–water partition coefficient (Wildman–Crippen LogP) is 1.44. The molecule has 0 amide bonds. The van der Waals surface area contributed by atoms with Gasteiger partial charge < -0.3 is 20.4 Å². The van der Waals surface area contributed by atoms with E-state index in [0.717, 1.165) is 0 Å². The fourth-order valence-electron chi connectivity index (χ4n) is 1.91. The van der Waals surface area contributed by atoms with Crippen molar-refractivity contribution >= 4 is 11.8 Å². The molecule has 0 fully saturated rings. The number of aliphatic hydroxyl groups excluding tert-OH is 3. The van der Waals surface area contributed by atoms with Crippen molar-refractivity contribution in [2.45, 2.75) is 18.9 Å². The van der Waals surface area contributed by atoms with Crippen molar-refractivity contribution in [2.75, 3.05) is 13.2 Å². The van der Waals surface area contributed by atoms with E-state index in [1.54, 1.807) is 55.5 Å². The Kier molecular flexibility index (Phi) is 8.49. The number of carbonyl (C=O) groups excluding carboxylic acids is 1. The standard InChI is InChI=1S/C16H14O3.C3H8O3/c1-11(16(18)19)13-8-5-9-14(10-13)15(17)12-6-3-2-4-7-12;4-1-3(6)2-5/h2-11H,1H3,(H,18,19);3-6H,1-2H2. The molecule has 0 saturated carbocycles. The molecule has 2 aromatic rings. The van der Waals surface area contributed by atoms with Gasteiger partial charge in [-0.1, -0.05) is 48.5 Å². The molecule has 134 valence electrons. The Hall–Kier alpha value is -2.54. The van der Waals surface area contributed by atoms with E-state index in [2.05, 4.69) is 0 Å². The Bertz CT molecular complexity index is 679. The molecule has 0 saturated heterocycles. The second-order valence-electron chi connectivity index (χ2n) is 5.40. The highest BCUT2D eigenvalue weighted by Gasteiger charge is 2.16. The van der Waals surface area contributed by atoms with Crippen LogP contribution in [0.5, 0.6) is 0 Å². The summed E-state index contributed by atoms with van der Waals surface area (Å²) in [4.78, 5) is 23.2. The third-order valence-corrected chi connectivity index (χ3v) is 3.48. The number of hydrogen-bond donors (Lipinski definition) is 4. The van der Waals surface area contributed by atoms with Crippen LogP contribution in [0.2, 0.25) is 0 Å². The highest BCUT2D eigenvalue weighted by Crippen LogP contribution is 2.18. The highest BCUT2D eigenvalue weighted by molar-refractivity contribution is 6.09. The van der Waals surface area contributed by atoms with Crippen molar-refractivity contribution in [1.82, 2.24) is 0 Å². The van der Waals surface area contributed by atoms with E-state index in [0.29, 0.717) is 16.7 Å².